The van der Waals surface area contributed by atoms with Crippen LogP contribution in [-0.2, 0) is 9.59 Å². The lowest BCUT2D eigenvalue weighted by Gasteiger charge is -2.05. The van der Waals surface area contributed by atoms with E-state index in [-0.39, 0.29) is 39.9 Å². The predicted molar refractivity (Wildman–Crippen MR) is 140 cm³/mol. The third-order valence-electron chi connectivity index (χ3n) is 5.11. The Morgan fingerprint density at radius 3 is 2.00 bits per heavy atom. The van der Waals surface area contributed by atoms with Crippen LogP contribution in [0, 0.1) is 22.7 Å². The van der Waals surface area contributed by atoms with E-state index in [1.807, 2.05) is 30.3 Å². The summed E-state index contributed by atoms with van der Waals surface area (Å²) in [5.41, 5.74) is 12.7. The van der Waals surface area contributed by atoms with Crippen LogP contribution in [0.5, 0.6) is 0 Å². The molecule has 1 aromatic rings. The molecule has 176 valence electrons. The molecule has 0 bridgehead atoms. The predicted octanol–water partition coefficient (Wildman–Crippen LogP) is 3.82. The minimum Gasteiger partial charge on any atom is -0.378 e. The Labute approximate surface area is 206 Å². The number of hydrogen-bond acceptors (Lipinski definition) is 7. The molecule has 8 nitrogen and oxygen atoms in total. The van der Waals surface area contributed by atoms with Crippen molar-refractivity contribution in [1.82, 2.24) is 0 Å². The molecule has 0 heterocycles. The highest BCUT2D eigenvalue weighted by Crippen LogP contribution is 2.48. The number of rotatable bonds is 9. The number of nitrogens with zero attached hydrogens (tertiary/aromatic N) is 2. The second-order valence-corrected chi connectivity index (χ2v) is 11.3. The van der Waals surface area contributed by atoms with Gasteiger partial charge in [0.1, 0.15) is 0 Å². The molecule has 2 aliphatic rings. The molecule has 0 aromatic heterocycles. The summed E-state index contributed by atoms with van der Waals surface area (Å²) in [7, 11) is 0. The molecule has 0 aliphatic heterocycles. The summed E-state index contributed by atoms with van der Waals surface area (Å²) in [5, 5.41) is 16.9. The fraction of sp³-hybridized carbons (Fsp3) is 0.455. The molecule has 0 saturated heterocycles. The fourth-order valence-corrected chi connectivity index (χ4v) is 5.43. The number of nitrogens with two attached hydrogens (primary N) is 2. The average Bonchev–Trinajstić information content (AvgIpc) is 3.67. The van der Waals surface area contributed by atoms with Gasteiger partial charge in [-0.1, -0.05) is 30.3 Å². The van der Waals surface area contributed by atoms with Crippen molar-refractivity contribution in [2.75, 3.05) is 11.5 Å². The van der Waals surface area contributed by atoms with E-state index < -0.39 is 0 Å². The van der Waals surface area contributed by atoms with E-state index in [1.165, 1.54) is 0 Å². The summed E-state index contributed by atoms with van der Waals surface area (Å²) in [6, 6.07) is 9.92. The number of hydrogen-bond donors (Lipinski definition) is 4. The highest BCUT2D eigenvalue weighted by Gasteiger charge is 2.43. The maximum absolute atomic E-state index is 12.3. The van der Waals surface area contributed by atoms with Gasteiger partial charge in [0, 0.05) is 24.7 Å². The van der Waals surface area contributed by atoms with Crippen molar-refractivity contribution in [3.8, 4) is 0 Å². The molecule has 2 fully saturated rings. The zero-order chi connectivity index (χ0) is 23.8. The molecule has 2 aliphatic carbocycles. The first-order valence-electron chi connectivity index (χ1n) is 10.7. The normalized spacial score (nSPS) is 20.4. The first kappa shape index (κ1) is 25.5. The first-order chi connectivity index (χ1) is 15.8. The summed E-state index contributed by atoms with van der Waals surface area (Å²) >= 11 is 3.66. The third kappa shape index (κ3) is 8.98. The van der Waals surface area contributed by atoms with Gasteiger partial charge in [0.25, 0.3) is 11.8 Å². The number of carbonyl (C=O) groups excluding carboxylic acids is 2. The summed E-state index contributed by atoms with van der Waals surface area (Å²) in [6.45, 7) is 0. The monoisotopic (exact) mass is 504 g/mol. The maximum Gasteiger partial charge on any atom is 0.251 e. The van der Waals surface area contributed by atoms with E-state index in [4.69, 9.17) is 22.3 Å². The molecule has 2 atom stereocenters. The fourth-order valence-electron chi connectivity index (χ4n) is 3.09. The molecule has 2 amide bonds. The van der Waals surface area contributed by atoms with Gasteiger partial charge < -0.3 is 11.5 Å². The molecule has 2 saturated carbocycles. The Bertz CT molecular complexity index is 962. The van der Waals surface area contributed by atoms with Crippen LogP contribution in [0.15, 0.2) is 40.3 Å². The van der Waals surface area contributed by atoms with Crippen molar-refractivity contribution in [3.63, 3.8) is 0 Å². The van der Waals surface area contributed by atoms with E-state index in [2.05, 4.69) is 9.98 Å². The molecule has 1 aromatic carbocycles. The number of amidine groups is 2. The van der Waals surface area contributed by atoms with E-state index in [9.17, 15) is 9.59 Å². The van der Waals surface area contributed by atoms with Gasteiger partial charge in [0.05, 0.1) is 10.1 Å². The molecule has 0 radical (unpaired) electrons. The molecular formula is C22H28N6O2S3. The summed E-state index contributed by atoms with van der Waals surface area (Å²) in [6.07, 6.45) is 3.58. The van der Waals surface area contributed by atoms with E-state index in [1.54, 1.807) is 11.8 Å². The van der Waals surface area contributed by atoms with Gasteiger partial charge in [0.2, 0.25) is 0 Å². The number of thioether (sulfide) groups is 3. The number of aliphatic imine (C=N–C) groups is 2. The van der Waals surface area contributed by atoms with Gasteiger partial charge in [-0.25, -0.2) is 0 Å². The van der Waals surface area contributed by atoms with Gasteiger partial charge in [-0.15, -0.1) is 0 Å². The topological polar surface area (TPSA) is 159 Å². The maximum atomic E-state index is 12.3. The van der Waals surface area contributed by atoms with Crippen LogP contribution in [0.1, 0.15) is 43.6 Å². The number of nitrogens with one attached hydrogen (secondary N) is 2. The van der Waals surface area contributed by atoms with Crippen molar-refractivity contribution >= 4 is 67.5 Å². The molecule has 6 N–H and O–H groups in total. The van der Waals surface area contributed by atoms with Gasteiger partial charge in [-0.05, 0) is 65.8 Å². The SMILES string of the molecule is N=C(CCSCCC(=N)SC(N)=NC(=O)[C@H]1CC1c1ccccc1)SC(N)=NC(=O)C1CC1. The van der Waals surface area contributed by atoms with Crippen LogP contribution < -0.4 is 11.5 Å². The minimum absolute atomic E-state index is 0.0270. The zero-order valence-electron chi connectivity index (χ0n) is 18.2. The van der Waals surface area contributed by atoms with Crippen LogP contribution >= 0.6 is 35.3 Å². The second-order valence-electron chi connectivity index (χ2n) is 7.87. The number of amides is 2. The minimum atomic E-state index is -0.214. The number of benzene rings is 1. The van der Waals surface area contributed by atoms with Gasteiger partial charge in [-0.2, -0.15) is 21.7 Å². The van der Waals surface area contributed by atoms with E-state index in [0.717, 1.165) is 48.3 Å². The van der Waals surface area contributed by atoms with Crippen LogP contribution in [0.2, 0.25) is 0 Å². The quantitative estimate of drug-likeness (QED) is 0.226. The zero-order valence-corrected chi connectivity index (χ0v) is 20.6. The highest BCUT2D eigenvalue weighted by atomic mass is 32.2. The molecule has 11 heteroatoms. The Morgan fingerprint density at radius 2 is 1.45 bits per heavy atom. The Hall–Kier alpha value is -2.11. The smallest absolute Gasteiger partial charge is 0.251 e. The van der Waals surface area contributed by atoms with Crippen molar-refractivity contribution < 1.29 is 9.59 Å². The van der Waals surface area contributed by atoms with Crippen LogP contribution in [0.25, 0.3) is 0 Å². The molecule has 1 unspecified atom stereocenters. The van der Waals surface area contributed by atoms with Gasteiger partial charge in [-0.3, -0.25) is 20.4 Å². The average molecular weight is 505 g/mol. The lowest BCUT2D eigenvalue weighted by Crippen LogP contribution is -2.14. The largest absolute Gasteiger partial charge is 0.378 e. The van der Waals surface area contributed by atoms with Crippen molar-refractivity contribution in [2.45, 2.75) is 38.0 Å². The standard InChI is InChI=1S/C22H28N6O2S3/c23-17(32-21(25)27-19(29)14-6-7-14)8-10-31-11-9-18(24)33-22(26)28-20(30)16-12-15(16)13-4-2-1-3-5-13/h1-5,14-16,23-24H,6-12H2,(H2,25,27,29)(H2,26,28,30)/t15?,16-/m0/s1. The third-order valence-corrected chi connectivity index (χ3v) is 7.59. The molecule has 0 spiro atoms. The van der Waals surface area contributed by atoms with E-state index in [0.29, 0.717) is 34.4 Å². The van der Waals surface area contributed by atoms with Crippen molar-refractivity contribution in [2.24, 2.45) is 33.3 Å². The van der Waals surface area contributed by atoms with Gasteiger partial charge >= 0.3 is 0 Å². The van der Waals surface area contributed by atoms with Gasteiger partial charge in [0.15, 0.2) is 10.3 Å². The Balaban J connectivity index is 1.26. The summed E-state index contributed by atoms with van der Waals surface area (Å²) < 4.78 is 0. The Kier molecular flexibility index (Phi) is 9.57. The van der Waals surface area contributed by atoms with Crippen LogP contribution in [0.3, 0.4) is 0 Å². The number of carbonyl (C=O) groups is 2. The molecular weight excluding hydrogens is 476 g/mol. The lowest BCUT2D eigenvalue weighted by molar-refractivity contribution is -0.119. The van der Waals surface area contributed by atoms with E-state index >= 15 is 0 Å². The lowest BCUT2D eigenvalue weighted by atomic mass is 10.1. The van der Waals surface area contributed by atoms with Crippen molar-refractivity contribution in [1.29, 1.82) is 10.8 Å². The van der Waals surface area contributed by atoms with Crippen LogP contribution in [-0.4, -0.2) is 43.7 Å². The highest BCUT2D eigenvalue weighted by molar-refractivity contribution is 8.26. The summed E-state index contributed by atoms with van der Waals surface area (Å²) in [5.74, 6) is 1.14. The first-order valence-corrected chi connectivity index (χ1v) is 13.5. The summed E-state index contributed by atoms with van der Waals surface area (Å²) in [4.78, 5) is 31.7. The second kappa shape index (κ2) is 12.4. The Morgan fingerprint density at radius 1 is 0.909 bits per heavy atom. The molecule has 33 heavy (non-hydrogen) atoms. The van der Waals surface area contributed by atoms with Crippen molar-refractivity contribution in [3.05, 3.63) is 35.9 Å². The van der Waals surface area contributed by atoms with Crippen LogP contribution in [0.4, 0.5) is 0 Å². The molecule has 3 rings (SSSR count).